The van der Waals surface area contributed by atoms with Gasteiger partial charge in [-0.1, -0.05) is 45.0 Å². The summed E-state index contributed by atoms with van der Waals surface area (Å²) in [5.74, 6) is 0. The summed E-state index contributed by atoms with van der Waals surface area (Å²) in [5.41, 5.74) is 3.74. The van der Waals surface area contributed by atoms with Gasteiger partial charge < -0.3 is 4.90 Å². The molecule has 7 heteroatoms. The average molecular weight is 418 g/mol. The van der Waals surface area contributed by atoms with Crippen molar-refractivity contribution in [3.63, 3.8) is 0 Å². The largest absolute Gasteiger partial charge is 0.378 e. The molecule has 0 amide bonds. The Bertz CT molecular complexity index is 933. The SMILES string of the molecule is CN(C)c1ccc(NS(=O)(=O)[C@@H]2CON(C)[C@H]2c2ccc(C(C)(C)C)cc2)cc1. The molecule has 0 radical (unpaired) electrons. The summed E-state index contributed by atoms with van der Waals surface area (Å²) in [6, 6.07) is 15.1. The fourth-order valence-corrected chi connectivity index (χ4v) is 5.05. The standard InChI is InChI=1S/C22H31N3O3S/c1-22(2,3)17-9-7-16(8-10-17)21-20(15-28-25(21)6)29(26,27)23-18-11-13-19(14-12-18)24(4)5/h7-14,20-21,23H,15H2,1-6H3/t20-,21+/m1/s1. The molecule has 1 N–H and O–H groups in total. The minimum atomic E-state index is -3.65. The maximum Gasteiger partial charge on any atom is 0.239 e. The Balaban J connectivity index is 1.84. The van der Waals surface area contributed by atoms with Gasteiger partial charge in [0.05, 0.1) is 12.6 Å². The lowest BCUT2D eigenvalue weighted by molar-refractivity contribution is -0.110. The van der Waals surface area contributed by atoms with Crippen LogP contribution in [0.15, 0.2) is 48.5 Å². The van der Waals surface area contributed by atoms with Gasteiger partial charge in [-0.15, -0.1) is 0 Å². The van der Waals surface area contributed by atoms with Gasteiger partial charge in [-0.2, -0.15) is 5.06 Å². The van der Waals surface area contributed by atoms with E-state index in [2.05, 4.69) is 37.6 Å². The van der Waals surface area contributed by atoms with E-state index in [9.17, 15) is 8.42 Å². The van der Waals surface area contributed by atoms with Crippen molar-refractivity contribution in [1.29, 1.82) is 0 Å². The lowest BCUT2D eigenvalue weighted by Gasteiger charge is -2.25. The lowest BCUT2D eigenvalue weighted by atomic mass is 9.86. The molecule has 0 aliphatic carbocycles. The first-order chi connectivity index (χ1) is 13.5. The summed E-state index contributed by atoms with van der Waals surface area (Å²) < 4.78 is 29.0. The summed E-state index contributed by atoms with van der Waals surface area (Å²) in [4.78, 5) is 7.58. The molecule has 6 nitrogen and oxygen atoms in total. The van der Waals surface area contributed by atoms with Gasteiger partial charge in [-0.05, 0) is 40.8 Å². The molecular formula is C22H31N3O3S. The van der Waals surface area contributed by atoms with Gasteiger partial charge in [0, 0.05) is 32.5 Å². The van der Waals surface area contributed by atoms with E-state index in [1.165, 1.54) is 5.56 Å². The molecule has 158 valence electrons. The van der Waals surface area contributed by atoms with Crippen molar-refractivity contribution < 1.29 is 13.3 Å². The van der Waals surface area contributed by atoms with Crippen LogP contribution in [0.5, 0.6) is 0 Å². The van der Waals surface area contributed by atoms with Crippen LogP contribution in [0.2, 0.25) is 0 Å². The molecule has 1 fully saturated rings. The first-order valence-electron chi connectivity index (χ1n) is 9.74. The molecule has 1 aliphatic rings. The van der Waals surface area contributed by atoms with E-state index in [0.717, 1.165) is 11.3 Å². The minimum Gasteiger partial charge on any atom is -0.378 e. The second-order valence-corrected chi connectivity index (χ2v) is 10.7. The van der Waals surface area contributed by atoms with Crippen LogP contribution in [0.3, 0.4) is 0 Å². The third-order valence-corrected chi connectivity index (χ3v) is 7.06. The maximum atomic E-state index is 13.1. The smallest absolute Gasteiger partial charge is 0.239 e. The molecule has 0 spiro atoms. The fourth-order valence-electron chi connectivity index (χ4n) is 3.53. The highest BCUT2D eigenvalue weighted by Gasteiger charge is 2.43. The molecule has 2 aromatic rings. The Hall–Kier alpha value is -2.09. The number of hydrogen-bond acceptors (Lipinski definition) is 5. The van der Waals surface area contributed by atoms with Gasteiger partial charge in [0.2, 0.25) is 10.0 Å². The van der Waals surface area contributed by atoms with Crippen molar-refractivity contribution in [2.24, 2.45) is 0 Å². The lowest BCUT2D eigenvalue weighted by Crippen LogP contribution is -2.35. The number of nitrogens with one attached hydrogen (secondary N) is 1. The second-order valence-electron chi connectivity index (χ2n) is 8.79. The van der Waals surface area contributed by atoms with Crippen LogP contribution >= 0.6 is 0 Å². The Morgan fingerprint density at radius 3 is 2.14 bits per heavy atom. The van der Waals surface area contributed by atoms with E-state index in [-0.39, 0.29) is 18.1 Å². The molecule has 0 saturated carbocycles. The first-order valence-corrected chi connectivity index (χ1v) is 11.3. The molecular weight excluding hydrogens is 386 g/mol. The molecule has 3 rings (SSSR count). The molecule has 29 heavy (non-hydrogen) atoms. The van der Waals surface area contributed by atoms with Crippen molar-refractivity contribution in [1.82, 2.24) is 5.06 Å². The van der Waals surface area contributed by atoms with Crippen LogP contribution < -0.4 is 9.62 Å². The number of nitrogens with zero attached hydrogens (tertiary/aromatic N) is 2. The highest BCUT2D eigenvalue weighted by Crippen LogP contribution is 2.35. The van der Waals surface area contributed by atoms with Gasteiger partial charge in [-0.3, -0.25) is 9.56 Å². The van der Waals surface area contributed by atoms with Gasteiger partial charge in [0.25, 0.3) is 0 Å². The molecule has 1 aliphatic heterocycles. The van der Waals surface area contributed by atoms with E-state index in [1.807, 2.05) is 43.3 Å². The normalized spacial score (nSPS) is 20.6. The summed E-state index contributed by atoms with van der Waals surface area (Å²) in [7, 11) is 2.03. The van der Waals surface area contributed by atoms with Gasteiger partial charge in [0.15, 0.2) is 0 Å². The van der Waals surface area contributed by atoms with Crippen LogP contribution in [-0.2, 0) is 20.3 Å². The molecule has 0 bridgehead atoms. The molecule has 2 atom stereocenters. The first kappa shape index (κ1) is 21.6. The van der Waals surface area contributed by atoms with E-state index in [1.54, 1.807) is 24.2 Å². The van der Waals surface area contributed by atoms with Crippen LogP contribution in [0.4, 0.5) is 11.4 Å². The fraction of sp³-hybridized carbons (Fsp3) is 0.455. The number of sulfonamides is 1. The number of hydroxylamine groups is 2. The third-order valence-electron chi connectivity index (χ3n) is 5.35. The topological polar surface area (TPSA) is 61.9 Å². The number of anilines is 2. The Kier molecular flexibility index (Phi) is 5.94. The zero-order chi connectivity index (χ0) is 21.4. The molecule has 1 saturated heterocycles. The van der Waals surface area contributed by atoms with Gasteiger partial charge >= 0.3 is 0 Å². The molecule has 1 heterocycles. The predicted octanol–water partition coefficient (Wildman–Crippen LogP) is 3.78. The highest BCUT2D eigenvalue weighted by molar-refractivity contribution is 7.93. The monoisotopic (exact) mass is 417 g/mol. The third kappa shape index (κ3) is 4.74. The van der Waals surface area contributed by atoms with E-state index < -0.39 is 15.3 Å². The minimum absolute atomic E-state index is 0.0440. The van der Waals surface area contributed by atoms with Crippen LogP contribution in [0.1, 0.15) is 37.9 Å². The average Bonchev–Trinajstić information content (AvgIpc) is 3.04. The van der Waals surface area contributed by atoms with Crippen molar-refractivity contribution in [3.8, 4) is 0 Å². The Morgan fingerprint density at radius 2 is 1.62 bits per heavy atom. The Labute approximate surface area is 174 Å². The zero-order valence-corrected chi connectivity index (χ0v) is 18.8. The number of hydrogen-bond donors (Lipinski definition) is 1. The summed E-state index contributed by atoms with van der Waals surface area (Å²) in [6.45, 7) is 6.59. The van der Waals surface area contributed by atoms with Crippen molar-refractivity contribution in [2.75, 3.05) is 37.4 Å². The number of rotatable bonds is 5. The highest BCUT2D eigenvalue weighted by atomic mass is 32.2. The molecule has 2 aromatic carbocycles. The van der Waals surface area contributed by atoms with E-state index in [4.69, 9.17) is 4.84 Å². The summed E-state index contributed by atoms with van der Waals surface area (Å²) in [5, 5.41) is 0.937. The van der Waals surface area contributed by atoms with Crippen molar-refractivity contribution >= 4 is 21.4 Å². The van der Waals surface area contributed by atoms with Gasteiger partial charge in [0.1, 0.15) is 5.25 Å². The van der Waals surface area contributed by atoms with E-state index in [0.29, 0.717) is 5.69 Å². The van der Waals surface area contributed by atoms with Crippen molar-refractivity contribution in [2.45, 2.75) is 37.5 Å². The zero-order valence-electron chi connectivity index (χ0n) is 18.0. The van der Waals surface area contributed by atoms with Crippen LogP contribution in [0, 0.1) is 0 Å². The van der Waals surface area contributed by atoms with Crippen LogP contribution in [0.25, 0.3) is 0 Å². The molecule has 0 unspecified atom stereocenters. The predicted molar refractivity (Wildman–Crippen MR) is 119 cm³/mol. The summed E-state index contributed by atoms with van der Waals surface area (Å²) in [6.07, 6.45) is 0. The quantitative estimate of drug-likeness (QED) is 0.802. The van der Waals surface area contributed by atoms with E-state index >= 15 is 0 Å². The summed E-state index contributed by atoms with van der Waals surface area (Å²) >= 11 is 0. The second kappa shape index (κ2) is 7.97. The Morgan fingerprint density at radius 1 is 1.03 bits per heavy atom. The maximum absolute atomic E-state index is 13.1. The van der Waals surface area contributed by atoms with Gasteiger partial charge in [-0.25, -0.2) is 8.42 Å². The van der Waals surface area contributed by atoms with Crippen LogP contribution in [-0.4, -0.2) is 46.5 Å². The number of benzene rings is 2. The van der Waals surface area contributed by atoms with Crippen molar-refractivity contribution in [3.05, 3.63) is 59.7 Å². The molecule has 0 aromatic heterocycles.